The van der Waals surface area contributed by atoms with Gasteiger partial charge in [0.1, 0.15) is 0 Å². The normalized spacial score (nSPS) is 24.1. The fraction of sp³-hybridized carbons (Fsp3) is 0.619. The highest BCUT2D eigenvalue weighted by Gasteiger charge is 2.27. The van der Waals surface area contributed by atoms with E-state index in [1.54, 1.807) is 0 Å². The largest absolute Gasteiger partial charge is 0.356 e. The molecule has 4 heterocycles. The van der Waals surface area contributed by atoms with Crippen molar-refractivity contribution in [2.75, 3.05) is 39.8 Å². The van der Waals surface area contributed by atoms with Crippen LogP contribution in [0.2, 0.25) is 0 Å². The number of rotatable bonds is 5. The van der Waals surface area contributed by atoms with Crippen LogP contribution in [0.4, 0.5) is 0 Å². The molecule has 0 bridgehead atoms. The zero-order chi connectivity index (χ0) is 19.3. The predicted octanol–water partition coefficient (Wildman–Crippen LogP) is 2.76. The molecule has 2 unspecified atom stereocenters. The number of nitrogens with one attached hydrogen (secondary N) is 1. The van der Waals surface area contributed by atoms with Crippen molar-refractivity contribution in [2.45, 2.75) is 31.7 Å². The fourth-order valence-corrected chi connectivity index (χ4v) is 5.27. The molecule has 2 fully saturated rings. The Morgan fingerprint density at radius 1 is 1.32 bits per heavy atom. The quantitative estimate of drug-likeness (QED) is 0.619. The molecule has 4 rings (SSSR count). The summed E-state index contributed by atoms with van der Waals surface area (Å²) in [6.45, 7) is 6.61. The molecular weight excluding hydrogens is 368 g/mol. The Morgan fingerprint density at radius 3 is 3.00 bits per heavy atom. The molecule has 7 heteroatoms. The van der Waals surface area contributed by atoms with E-state index >= 15 is 0 Å². The number of aromatic nitrogens is 2. The van der Waals surface area contributed by atoms with Gasteiger partial charge in [0.05, 0.1) is 6.20 Å². The van der Waals surface area contributed by atoms with Gasteiger partial charge >= 0.3 is 0 Å². The van der Waals surface area contributed by atoms with E-state index < -0.39 is 0 Å². The highest BCUT2D eigenvalue weighted by atomic mass is 32.1. The fourth-order valence-electron chi connectivity index (χ4n) is 4.53. The third kappa shape index (κ3) is 4.75. The van der Waals surface area contributed by atoms with Gasteiger partial charge < -0.3 is 10.2 Å². The number of thiophene rings is 1. The second-order valence-corrected chi connectivity index (χ2v) is 9.16. The van der Waals surface area contributed by atoms with Crippen molar-refractivity contribution < 1.29 is 0 Å². The molecule has 2 aromatic rings. The first-order valence-electron chi connectivity index (χ1n) is 10.4. The number of guanidine groups is 1. The molecule has 28 heavy (non-hydrogen) atoms. The summed E-state index contributed by atoms with van der Waals surface area (Å²) in [6, 6.07) is 4.40. The van der Waals surface area contributed by atoms with Crippen LogP contribution in [-0.2, 0) is 13.6 Å². The van der Waals surface area contributed by atoms with Crippen LogP contribution < -0.4 is 5.32 Å². The number of aliphatic imine (C=N–C) groups is 1. The maximum atomic E-state index is 4.57. The third-order valence-corrected chi connectivity index (χ3v) is 6.87. The summed E-state index contributed by atoms with van der Waals surface area (Å²) in [5, 5.41) is 10.2. The van der Waals surface area contributed by atoms with Crippen molar-refractivity contribution in [1.29, 1.82) is 0 Å². The van der Waals surface area contributed by atoms with E-state index in [0.717, 1.165) is 32.1 Å². The van der Waals surface area contributed by atoms with E-state index in [1.807, 2.05) is 36.3 Å². The van der Waals surface area contributed by atoms with E-state index in [1.165, 1.54) is 42.8 Å². The van der Waals surface area contributed by atoms with Gasteiger partial charge in [-0.15, -0.1) is 11.3 Å². The molecular formula is C21H32N6S. The minimum atomic E-state index is 0.559. The monoisotopic (exact) mass is 400 g/mol. The van der Waals surface area contributed by atoms with Crippen molar-refractivity contribution >= 4 is 17.3 Å². The van der Waals surface area contributed by atoms with E-state index in [2.05, 4.69) is 48.9 Å². The molecule has 0 amide bonds. The van der Waals surface area contributed by atoms with Crippen LogP contribution in [0.1, 0.15) is 35.6 Å². The molecule has 6 nitrogen and oxygen atoms in total. The number of likely N-dealkylation sites (tertiary alicyclic amines) is 2. The molecule has 2 atom stereocenters. The molecule has 0 saturated carbocycles. The van der Waals surface area contributed by atoms with Gasteiger partial charge in [-0.3, -0.25) is 14.6 Å². The van der Waals surface area contributed by atoms with Gasteiger partial charge in [-0.25, -0.2) is 0 Å². The van der Waals surface area contributed by atoms with Crippen LogP contribution >= 0.6 is 11.3 Å². The smallest absolute Gasteiger partial charge is 0.193 e. The van der Waals surface area contributed by atoms with Crippen molar-refractivity contribution in [1.82, 2.24) is 24.9 Å². The van der Waals surface area contributed by atoms with Gasteiger partial charge in [-0.05, 0) is 48.7 Å². The van der Waals surface area contributed by atoms with E-state index in [4.69, 9.17) is 0 Å². The number of piperidine rings is 1. The van der Waals surface area contributed by atoms with Crippen LogP contribution in [0.25, 0.3) is 0 Å². The Hall–Kier alpha value is -1.86. The lowest BCUT2D eigenvalue weighted by Gasteiger charge is -2.33. The zero-order valence-corrected chi connectivity index (χ0v) is 17.9. The van der Waals surface area contributed by atoms with Gasteiger partial charge in [0.2, 0.25) is 0 Å². The Morgan fingerprint density at radius 2 is 2.25 bits per heavy atom. The lowest BCUT2D eigenvalue weighted by atomic mass is 9.98. The van der Waals surface area contributed by atoms with Gasteiger partial charge in [0.25, 0.3) is 0 Å². The number of hydrogen-bond acceptors (Lipinski definition) is 4. The number of aryl methyl sites for hydroxylation is 1. The summed E-state index contributed by atoms with van der Waals surface area (Å²) in [4.78, 5) is 11.1. The highest BCUT2D eigenvalue weighted by molar-refractivity contribution is 7.09. The molecule has 2 aliphatic rings. The number of hydrogen-bond donors (Lipinski definition) is 1. The summed E-state index contributed by atoms with van der Waals surface area (Å²) in [7, 11) is 3.90. The first kappa shape index (κ1) is 19.5. The summed E-state index contributed by atoms with van der Waals surface area (Å²) < 4.78 is 1.90. The van der Waals surface area contributed by atoms with Crippen molar-refractivity contribution in [2.24, 2.45) is 18.0 Å². The van der Waals surface area contributed by atoms with E-state index in [-0.39, 0.29) is 0 Å². The molecule has 0 spiro atoms. The summed E-state index contributed by atoms with van der Waals surface area (Å²) in [5.41, 5.74) is 1.34. The van der Waals surface area contributed by atoms with Gasteiger partial charge in [0.15, 0.2) is 5.96 Å². The lowest BCUT2D eigenvalue weighted by Crippen LogP contribution is -2.45. The van der Waals surface area contributed by atoms with E-state index in [9.17, 15) is 0 Å². The summed E-state index contributed by atoms with van der Waals surface area (Å²) in [6.07, 6.45) is 7.93. The molecule has 152 valence electrons. The average molecular weight is 401 g/mol. The second-order valence-electron chi connectivity index (χ2n) is 8.13. The predicted molar refractivity (Wildman–Crippen MR) is 116 cm³/mol. The lowest BCUT2D eigenvalue weighted by molar-refractivity contribution is 0.169. The van der Waals surface area contributed by atoms with E-state index in [0.29, 0.717) is 11.8 Å². The summed E-state index contributed by atoms with van der Waals surface area (Å²) in [5.74, 6) is 2.31. The van der Waals surface area contributed by atoms with Crippen LogP contribution in [-0.4, -0.2) is 65.3 Å². The number of nitrogens with zero attached hydrogens (tertiary/aromatic N) is 5. The van der Waals surface area contributed by atoms with Crippen molar-refractivity contribution in [3.63, 3.8) is 0 Å². The highest BCUT2D eigenvalue weighted by Crippen LogP contribution is 2.27. The Balaban J connectivity index is 1.26. The summed E-state index contributed by atoms with van der Waals surface area (Å²) >= 11 is 1.87. The van der Waals surface area contributed by atoms with Crippen LogP contribution in [0.5, 0.6) is 0 Å². The first-order valence-corrected chi connectivity index (χ1v) is 11.3. The van der Waals surface area contributed by atoms with Gasteiger partial charge in [-0.2, -0.15) is 5.10 Å². The topological polar surface area (TPSA) is 48.7 Å². The minimum absolute atomic E-state index is 0.559. The Kier molecular flexibility index (Phi) is 6.32. The second kappa shape index (κ2) is 9.09. The molecule has 2 aliphatic heterocycles. The molecule has 0 aliphatic carbocycles. The van der Waals surface area contributed by atoms with Crippen molar-refractivity contribution in [3.05, 3.63) is 40.3 Å². The van der Waals surface area contributed by atoms with Crippen LogP contribution in [0.3, 0.4) is 0 Å². The third-order valence-electron chi connectivity index (χ3n) is 6.01. The maximum Gasteiger partial charge on any atom is 0.193 e. The standard InChI is InChI=1S/C21H32N6S/c1-22-21(27-9-7-18(15-27)19-12-24-25(2)14-19)23-11-17-5-3-8-26(13-17)16-20-6-4-10-28-20/h4,6,10,12,14,17-18H,3,5,7-9,11,13,15-16H2,1-2H3,(H,22,23). The molecule has 0 aromatic carbocycles. The van der Waals surface area contributed by atoms with Crippen molar-refractivity contribution in [3.8, 4) is 0 Å². The molecule has 0 radical (unpaired) electrons. The molecule has 2 aromatic heterocycles. The maximum absolute atomic E-state index is 4.57. The van der Waals surface area contributed by atoms with Gasteiger partial charge in [0, 0.05) is 63.8 Å². The molecule has 1 N–H and O–H groups in total. The van der Waals surface area contributed by atoms with Crippen LogP contribution in [0, 0.1) is 5.92 Å². The minimum Gasteiger partial charge on any atom is -0.356 e. The first-order chi connectivity index (χ1) is 13.7. The Labute approximate surface area is 172 Å². The SMILES string of the molecule is CN=C(NCC1CCCN(Cc2cccs2)C1)N1CCC(c2cnn(C)c2)C1. The zero-order valence-electron chi connectivity index (χ0n) is 17.0. The molecule has 2 saturated heterocycles. The Bertz CT molecular complexity index is 768. The van der Waals surface area contributed by atoms with Crippen LogP contribution in [0.15, 0.2) is 34.9 Å². The van der Waals surface area contributed by atoms with Gasteiger partial charge in [-0.1, -0.05) is 6.07 Å². The average Bonchev–Trinajstić information content (AvgIpc) is 3.45.